The van der Waals surface area contributed by atoms with Gasteiger partial charge >= 0.3 is 0 Å². The van der Waals surface area contributed by atoms with Crippen LogP contribution >= 0.6 is 12.2 Å². The summed E-state index contributed by atoms with van der Waals surface area (Å²) >= 11 is 5.09. The molecule has 0 spiro atoms. The lowest BCUT2D eigenvalue weighted by Gasteiger charge is -2.35. The van der Waals surface area contributed by atoms with Crippen LogP contribution in [0.25, 0.3) is 6.08 Å². The molecule has 164 valence electrons. The maximum Gasteiger partial charge on any atom is 0.253 e. The number of likely N-dealkylation sites (tertiary alicyclic amines) is 1. The number of aliphatic hydroxyl groups excluding tert-OH is 1. The minimum absolute atomic E-state index is 0.0631. The van der Waals surface area contributed by atoms with Gasteiger partial charge in [0.1, 0.15) is 0 Å². The Hall–Kier alpha value is -2.70. The second kappa shape index (κ2) is 10.1. The van der Waals surface area contributed by atoms with E-state index in [1.807, 2.05) is 60.4 Å². The van der Waals surface area contributed by atoms with Gasteiger partial charge in [0.15, 0.2) is 6.23 Å². The van der Waals surface area contributed by atoms with Crippen LogP contribution in [0.15, 0.2) is 54.2 Å². The van der Waals surface area contributed by atoms with E-state index < -0.39 is 6.23 Å². The van der Waals surface area contributed by atoms with Crippen molar-refractivity contribution in [3.05, 3.63) is 70.9 Å². The summed E-state index contributed by atoms with van der Waals surface area (Å²) in [6, 6.07) is 15.0. The number of aryl methyl sites for hydroxylation is 1. The van der Waals surface area contributed by atoms with Gasteiger partial charge in [-0.25, -0.2) is 0 Å². The largest absolute Gasteiger partial charge is 0.398 e. The van der Waals surface area contributed by atoms with Crippen LogP contribution in [0.3, 0.4) is 0 Å². The number of thiocarbonyl (C=S) groups is 1. The van der Waals surface area contributed by atoms with Crippen molar-refractivity contribution in [2.75, 3.05) is 18.0 Å². The summed E-state index contributed by atoms with van der Waals surface area (Å²) < 4.78 is 0. The minimum atomic E-state index is -1.09. The first-order valence-electron chi connectivity index (χ1n) is 10.6. The number of hydrogen-bond donors (Lipinski definition) is 2. The highest BCUT2D eigenvalue weighted by Crippen LogP contribution is 2.23. The maximum atomic E-state index is 12.9. The minimum Gasteiger partial charge on any atom is -0.398 e. The quantitative estimate of drug-likeness (QED) is 0.524. The van der Waals surface area contributed by atoms with Crippen LogP contribution < -0.4 is 10.6 Å². The molecule has 3 N–H and O–H groups in total. The van der Waals surface area contributed by atoms with Crippen molar-refractivity contribution in [2.45, 2.75) is 33.4 Å². The van der Waals surface area contributed by atoms with E-state index in [9.17, 15) is 9.90 Å². The molecule has 0 aromatic heterocycles. The number of rotatable bonds is 6. The third-order valence-electron chi connectivity index (χ3n) is 5.65. The standard InChI is InChI=1S/C25H31N3O2S/c1-17-4-10-22(11-5-17)28(16-31)25(30)23(26)13-20-6-8-21(9-7-20)24(29)27-14-18(2)12-19(3)15-27/h4-11,13,16,18-19,25,30H,12,14-15,26H2,1-3H3/b23-13-. The zero-order valence-corrected chi connectivity index (χ0v) is 19.2. The van der Waals surface area contributed by atoms with Crippen LogP contribution in [0.1, 0.15) is 41.8 Å². The van der Waals surface area contributed by atoms with Crippen molar-refractivity contribution >= 4 is 35.4 Å². The van der Waals surface area contributed by atoms with Gasteiger partial charge in [0.25, 0.3) is 5.91 Å². The number of benzene rings is 2. The fourth-order valence-electron chi connectivity index (χ4n) is 4.14. The molecule has 1 aliphatic heterocycles. The Balaban J connectivity index is 1.71. The first-order valence-corrected chi connectivity index (χ1v) is 11.1. The van der Waals surface area contributed by atoms with Crippen molar-refractivity contribution in [3.8, 4) is 0 Å². The van der Waals surface area contributed by atoms with Crippen LogP contribution in [0, 0.1) is 18.8 Å². The molecule has 5 nitrogen and oxygen atoms in total. The smallest absolute Gasteiger partial charge is 0.253 e. The predicted octanol–water partition coefficient (Wildman–Crippen LogP) is 4.19. The topological polar surface area (TPSA) is 69.8 Å². The number of piperidine rings is 1. The number of anilines is 1. The number of nitrogens with zero attached hydrogens (tertiary/aromatic N) is 2. The number of aliphatic hydroxyl groups is 1. The lowest BCUT2D eigenvalue weighted by atomic mass is 9.91. The molecular weight excluding hydrogens is 406 g/mol. The molecule has 1 fully saturated rings. The molecule has 1 amide bonds. The zero-order valence-electron chi connectivity index (χ0n) is 18.4. The van der Waals surface area contributed by atoms with Gasteiger partial charge in [-0.15, -0.1) is 0 Å². The second-order valence-electron chi connectivity index (χ2n) is 8.64. The molecule has 3 rings (SSSR count). The van der Waals surface area contributed by atoms with E-state index in [0.717, 1.165) is 36.3 Å². The lowest BCUT2D eigenvalue weighted by Crippen LogP contribution is -2.42. The number of hydrogen-bond acceptors (Lipinski definition) is 4. The van der Waals surface area contributed by atoms with E-state index in [-0.39, 0.29) is 11.6 Å². The Bertz CT molecular complexity index is 930. The van der Waals surface area contributed by atoms with Crippen LogP contribution in [0.4, 0.5) is 5.69 Å². The molecule has 2 aromatic rings. The molecule has 0 saturated carbocycles. The number of amides is 1. The highest BCUT2D eigenvalue weighted by molar-refractivity contribution is 7.79. The monoisotopic (exact) mass is 437 g/mol. The molecular formula is C25H31N3O2S. The number of carbonyl (C=O) groups excluding carboxylic acids is 1. The Morgan fingerprint density at radius 1 is 1.13 bits per heavy atom. The third kappa shape index (κ3) is 5.71. The molecule has 0 aliphatic carbocycles. The van der Waals surface area contributed by atoms with E-state index in [2.05, 4.69) is 13.8 Å². The van der Waals surface area contributed by atoms with Gasteiger partial charge in [0.05, 0.1) is 11.2 Å². The second-order valence-corrected chi connectivity index (χ2v) is 8.86. The summed E-state index contributed by atoms with van der Waals surface area (Å²) in [6.07, 6.45) is 1.78. The molecule has 0 radical (unpaired) electrons. The zero-order chi connectivity index (χ0) is 22.5. The van der Waals surface area contributed by atoms with Crippen molar-refractivity contribution in [3.63, 3.8) is 0 Å². The number of carbonyl (C=O) groups is 1. The van der Waals surface area contributed by atoms with Crippen LogP contribution in [-0.4, -0.2) is 40.7 Å². The summed E-state index contributed by atoms with van der Waals surface area (Å²) in [7, 11) is 0. The molecule has 3 atom stereocenters. The molecule has 2 aromatic carbocycles. The van der Waals surface area contributed by atoms with E-state index >= 15 is 0 Å². The normalized spacial score (nSPS) is 20.3. The van der Waals surface area contributed by atoms with Gasteiger partial charge in [-0.1, -0.05) is 55.9 Å². The van der Waals surface area contributed by atoms with Crippen molar-refractivity contribution in [1.82, 2.24) is 4.90 Å². The Labute approximate surface area is 190 Å². The van der Waals surface area contributed by atoms with E-state index in [1.165, 1.54) is 10.4 Å². The van der Waals surface area contributed by atoms with Gasteiger partial charge in [0, 0.05) is 24.3 Å². The number of nitrogens with two attached hydrogens (primary N) is 1. The average Bonchev–Trinajstić information content (AvgIpc) is 2.74. The SMILES string of the molecule is Cc1ccc(N(C=S)C(O)/C(N)=C/c2ccc(C(=O)N3CC(C)CC(C)C3)cc2)cc1. The van der Waals surface area contributed by atoms with E-state index in [0.29, 0.717) is 17.4 Å². The maximum absolute atomic E-state index is 12.9. The molecule has 31 heavy (non-hydrogen) atoms. The summed E-state index contributed by atoms with van der Waals surface area (Å²) in [5.41, 5.74) is 11.2. The van der Waals surface area contributed by atoms with Gasteiger partial charge in [0.2, 0.25) is 0 Å². The molecule has 1 aliphatic rings. The highest BCUT2D eigenvalue weighted by Gasteiger charge is 2.26. The fraction of sp³-hybridized carbons (Fsp3) is 0.360. The first kappa shape index (κ1) is 23.0. The summed E-state index contributed by atoms with van der Waals surface area (Å²) in [4.78, 5) is 16.3. The fourth-order valence-corrected chi connectivity index (χ4v) is 4.37. The molecule has 6 heteroatoms. The summed E-state index contributed by atoms with van der Waals surface area (Å²) in [5, 5.41) is 10.7. The van der Waals surface area contributed by atoms with Crippen molar-refractivity contribution in [2.24, 2.45) is 17.6 Å². The van der Waals surface area contributed by atoms with Crippen LogP contribution in [0.5, 0.6) is 0 Å². The summed E-state index contributed by atoms with van der Waals surface area (Å²) in [5.74, 6) is 1.11. The Kier molecular flexibility index (Phi) is 7.46. The Morgan fingerprint density at radius 3 is 2.26 bits per heavy atom. The average molecular weight is 438 g/mol. The highest BCUT2D eigenvalue weighted by atomic mass is 32.1. The van der Waals surface area contributed by atoms with Crippen LogP contribution in [0.2, 0.25) is 0 Å². The molecule has 0 bridgehead atoms. The van der Waals surface area contributed by atoms with Gasteiger partial charge in [-0.05, 0) is 61.1 Å². The molecule has 1 saturated heterocycles. The van der Waals surface area contributed by atoms with E-state index in [4.69, 9.17) is 18.0 Å². The van der Waals surface area contributed by atoms with Gasteiger partial charge < -0.3 is 20.6 Å². The van der Waals surface area contributed by atoms with Crippen LogP contribution in [-0.2, 0) is 0 Å². The molecule has 1 heterocycles. The Morgan fingerprint density at radius 2 is 1.71 bits per heavy atom. The van der Waals surface area contributed by atoms with Gasteiger partial charge in [-0.2, -0.15) is 0 Å². The molecule has 3 unspecified atom stereocenters. The third-order valence-corrected chi connectivity index (χ3v) is 5.88. The van der Waals surface area contributed by atoms with E-state index in [1.54, 1.807) is 6.08 Å². The lowest BCUT2D eigenvalue weighted by molar-refractivity contribution is 0.0623. The first-order chi connectivity index (χ1) is 14.8. The van der Waals surface area contributed by atoms with Crippen molar-refractivity contribution in [1.29, 1.82) is 0 Å². The van der Waals surface area contributed by atoms with Gasteiger partial charge in [-0.3, -0.25) is 4.79 Å². The van der Waals surface area contributed by atoms with Crippen molar-refractivity contribution < 1.29 is 9.90 Å². The summed E-state index contributed by atoms with van der Waals surface area (Å²) in [6.45, 7) is 7.99. The predicted molar refractivity (Wildman–Crippen MR) is 131 cm³/mol.